The molecule has 0 spiro atoms. The van der Waals surface area contributed by atoms with E-state index in [2.05, 4.69) is 15.0 Å². The molecule has 2 heterocycles. The van der Waals surface area contributed by atoms with Gasteiger partial charge in [-0.25, -0.2) is 9.73 Å². The summed E-state index contributed by atoms with van der Waals surface area (Å²) in [6.07, 6.45) is 3.81. The van der Waals surface area contributed by atoms with Crippen LogP contribution in [0.5, 0.6) is 5.88 Å². The van der Waals surface area contributed by atoms with Crippen LogP contribution in [0.4, 0.5) is 4.79 Å². The Balaban J connectivity index is 1.94. The normalized spacial score (nSPS) is 9.94. The van der Waals surface area contributed by atoms with Gasteiger partial charge in [0.1, 0.15) is 0 Å². The number of hydrogen-bond acceptors (Lipinski definition) is 6. The third kappa shape index (κ3) is 2.95. The molecule has 9 nitrogen and oxygen atoms in total. The molecule has 0 aliphatic heterocycles. The number of carbonyl (C=O) groups is 1. The minimum Gasteiger partial charge on any atom is -0.388 e. The average Bonchev–Trinajstić information content (AvgIpc) is 2.91. The van der Waals surface area contributed by atoms with Crippen LogP contribution in [0.15, 0.2) is 30.7 Å². The Bertz CT molecular complexity index is 480. The first kappa shape index (κ1) is 11.0. The van der Waals surface area contributed by atoms with Crippen molar-refractivity contribution in [3.05, 3.63) is 30.7 Å². The third-order valence-corrected chi connectivity index (χ3v) is 1.57. The summed E-state index contributed by atoms with van der Waals surface area (Å²) in [5, 5.41) is 7.61. The van der Waals surface area contributed by atoms with Crippen molar-refractivity contribution in [2.45, 2.75) is 0 Å². The van der Waals surface area contributed by atoms with Gasteiger partial charge in [-0.3, -0.25) is 4.84 Å². The molecule has 1 amide bonds. The molecule has 9 heteroatoms. The number of hydrogen-bond donors (Lipinski definition) is 1. The lowest BCUT2D eigenvalue weighted by Gasteiger charge is -2.02. The number of ether oxygens (including phenoxy) is 1. The van der Waals surface area contributed by atoms with Crippen molar-refractivity contribution in [1.82, 2.24) is 25.4 Å². The summed E-state index contributed by atoms with van der Waals surface area (Å²) in [5.41, 5.74) is 1.98. The van der Waals surface area contributed by atoms with E-state index in [1.165, 1.54) is 24.2 Å². The van der Waals surface area contributed by atoms with Crippen molar-refractivity contribution < 1.29 is 19.3 Å². The molecule has 90 valence electrons. The van der Waals surface area contributed by atoms with Crippen molar-refractivity contribution in [2.24, 2.45) is 0 Å². The highest BCUT2D eigenvalue weighted by Crippen LogP contribution is 2.04. The average molecular weight is 239 g/mol. The maximum Gasteiger partial charge on any atom is 0.438 e. The van der Waals surface area contributed by atoms with E-state index in [0.29, 0.717) is 0 Å². The maximum absolute atomic E-state index is 11.0. The number of rotatable bonds is 4. The highest BCUT2D eigenvalue weighted by atomic mass is 16.8. The fraction of sp³-hybridized carbons (Fsp3) is 0.125. The van der Waals surface area contributed by atoms with Crippen LogP contribution in [-0.2, 0) is 4.84 Å². The third-order valence-electron chi connectivity index (χ3n) is 1.57. The summed E-state index contributed by atoms with van der Waals surface area (Å²) in [4.78, 5) is 22.7. The molecule has 2 rings (SSSR count). The van der Waals surface area contributed by atoms with Crippen LogP contribution < -0.4 is 15.2 Å². The second kappa shape index (κ2) is 4.99. The molecule has 2 aromatic rings. The van der Waals surface area contributed by atoms with E-state index >= 15 is 0 Å². The topological polar surface area (TPSA) is 92.4 Å². The zero-order valence-electron chi connectivity index (χ0n) is 8.81. The molecule has 2 aromatic heterocycles. The van der Waals surface area contributed by atoms with E-state index in [1.54, 1.807) is 18.5 Å². The van der Waals surface area contributed by atoms with E-state index in [9.17, 15) is 4.79 Å². The van der Waals surface area contributed by atoms with E-state index in [1.807, 2.05) is 5.48 Å². The molecule has 0 atom stereocenters. The van der Waals surface area contributed by atoms with Gasteiger partial charge in [-0.2, -0.15) is 5.48 Å². The molecular weight excluding hydrogens is 230 g/mol. The molecule has 0 aromatic carbocycles. The van der Waals surface area contributed by atoms with Gasteiger partial charge in [-0.1, -0.05) is 14.8 Å². The summed E-state index contributed by atoms with van der Waals surface area (Å²) < 4.78 is 4.74. The van der Waals surface area contributed by atoms with Crippen LogP contribution >= 0.6 is 0 Å². The SMILES string of the molecule is CONC(=O)Oc1ccn(On2cccn2)n1. The van der Waals surface area contributed by atoms with Crippen LogP contribution in [0.2, 0.25) is 0 Å². The van der Waals surface area contributed by atoms with Crippen LogP contribution in [0.25, 0.3) is 0 Å². The van der Waals surface area contributed by atoms with Crippen molar-refractivity contribution in [3.63, 3.8) is 0 Å². The molecule has 17 heavy (non-hydrogen) atoms. The van der Waals surface area contributed by atoms with Crippen LogP contribution in [0.1, 0.15) is 0 Å². The van der Waals surface area contributed by atoms with E-state index in [0.717, 1.165) is 4.85 Å². The first-order chi connectivity index (χ1) is 8.28. The van der Waals surface area contributed by atoms with Gasteiger partial charge in [-0.05, 0) is 6.07 Å². The second-order valence-corrected chi connectivity index (χ2v) is 2.74. The predicted octanol–water partition coefficient (Wildman–Crippen LogP) is -0.379. The van der Waals surface area contributed by atoms with E-state index < -0.39 is 6.09 Å². The van der Waals surface area contributed by atoms with Gasteiger partial charge >= 0.3 is 6.09 Å². The number of aromatic nitrogens is 4. The molecule has 0 aliphatic rings. The lowest BCUT2D eigenvalue weighted by Crippen LogP contribution is -2.26. The van der Waals surface area contributed by atoms with Crippen LogP contribution in [-0.4, -0.2) is 33.1 Å². The Hall–Kier alpha value is -2.55. The molecular formula is C8H9N5O4. The second-order valence-electron chi connectivity index (χ2n) is 2.74. The Morgan fingerprint density at radius 3 is 3.00 bits per heavy atom. The molecule has 0 aliphatic carbocycles. The van der Waals surface area contributed by atoms with Crippen molar-refractivity contribution >= 4 is 6.09 Å². The lowest BCUT2D eigenvalue weighted by atomic mass is 10.7. The standard InChI is InChI=1S/C8H9N5O4/c1-15-11-8(14)16-7-3-6-13(10-7)17-12-5-2-4-9-12/h2-6H,1H3,(H,11,14). The minimum atomic E-state index is -0.781. The quantitative estimate of drug-likeness (QED) is 0.731. The van der Waals surface area contributed by atoms with Crippen molar-refractivity contribution in [2.75, 3.05) is 7.11 Å². The van der Waals surface area contributed by atoms with Gasteiger partial charge < -0.3 is 4.74 Å². The first-order valence-electron chi connectivity index (χ1n) is 4.53. The van der Waals surface area contributed by atoms with Crippen molar-refractivity contribution in [3.8, 4) is 5.88 Å². The number of nitrogens with one attached hydrogen (secondary N) is 1. The zero-order valence-corrected chi connectivity index (χ0v) is 8.81. The first-order valence-corrected chi connectivity index (χ1v) is 4.53. The van der Waals surface area contributed by atoms with Gasteiger partial charge in [0.2, 0.25) is 5.88 Å². The molecule has 0 radical (unpaired) electrons. The summed E-state index contributed by atoms with van der Waals surface area (Å²) >= 11 is 0. The lowest BCUT2D eigenvalue weighted by molar-refractivity contribution is -0.0105. The van der Waals surface area contributed by atoms with E-state index in [4.69, 9.17) is 9.68 Å². The Morgan fingerprint density at radius 1 is 1.41 bits per heavy atom. The molecule has 0 unspecified atom stereocenters. The van der Waals surface area contributed by atoms with Crippen LogP contribution in [0, 0.1) is 0 Å². The fourth-order valence-corrected chi connectivity index (χ4v) is 0.979. The number of carbonyl (C=O) groups excluding carboxylic acids is 1. The summed E-state index contributed by atoms with van der Waals surface area (Å²) in [6.45, 7) is 0. The summed E-state index contributed by atoms with van der Waals surface area (Å²) in [5.74, 6) is 0.0618. The maximum atomic E-state index is 11.0. The Kier molecular flexibility index (Phi) is 3.21. The van der Waals surface area contributed by atoms with Crippen LogP contribution in [0.3, 0.4) is 0 Å². The minimum absolute atomic E-state index is 0.0618. The van der Waals surface area contributed by atoms with Gasteiger partial charge in [0.15, 0.2) is 0 Å². The van der Waals surface area contributed by atoms with Gasteiger partial charge in [0.05, 0.1) is 25.7 Å². The van der Waals surface area contributed by atoms with E-state index in [-0.39, 0.29) is 5.88 Å². The van der Waals surface area contributed by atoms with Gasteiger partial charge in [0.25, 0.3) is 0 Å². The van der Waals surface area contributed by atoms with Crippen molar-refractivity contribution in [1.29, 1.82) is 0 Å². The molecule has 1 N–H and O–H groups in total. The molecule has 0 bridgehead atoms. The predicted molar refractivity (Wildman–Crippen MR) is 52.6 cm³/mol. The molecule has 0 fully saturated rings. The summed E-state index contributed by atoms with van der Waals surface area (Å²) in [7, 11) is 1.29. The summed E-state index contributed by atoms with van der Waals surface area (Å²) in [6, 6.07) is 3.13. The Morgan fingerprint density at radius 2 is 2.29 bits per heavy atom. The highest BCUT2D eigenvalue weighted by molar-refractivity contribution is 5.68. The number of amides is 1. The van der Waals surface area contributed by atoms with Gasteiger partial charge in [0, 0.05) is 6.07 Å². The molecule has 0 saturated carbocycles. The Labute approximate surface area is 95.3 Å². The zero-order chi connectivity index (χ0) is 12.1. The smallest absolute Gasteiger partial charge is 0.388 e. The number of hydroxylamine groups is 1. The van der Waals surface area contributed by atoms with Gasteiger partial charge in [-0.15, -0.1) is 5.10 Å². The largest absolute Gasteiger partial charge is 0.438 e. The monoisotopic (exact) mass is 239 g/mol. The fourth-order valence-electron chi connectivity index (χ4n) is 0.979. The number of nitrogens with zero attached hydrogens (tertiary/aromatic N) is 4. The highest BCUT2D eigenvalue weighted by Gasteiger charge is 2.07. The molecule has 0 saturated heterocycles.